The molecule has 0 atom stereocenters. The molecular weight excluding hydrogens is 396 g/mol. The van der Waals surface area contributed by atoms with Gasteiger partial charge >= 0.3 is 0 Å². The Kier molecular flexibility index (Phi) is 4.75. The molecule has 32 heavy (non-hydrogen) atoms. The second kappa shape index (κ2) is 8.04. The van der Waals surface area contributed by atoms with E-state index in [-0.39, 0.29) is 0 Å². The van der Waals surface area contributed by atoms with Gasteiger partial charge in [-0.1, -0.05) is 36.4 Å². The second-order valence-corrected chi connectivity index (χ2v) is 8.39. The lowest BCUT2D eigenvalue weighted by Gasteiger charge is -2.01. The molecule has 6 heteroatoms. The summed E-state index contributed by atoms with van der Waals surface area (Å²) in [5, 5.41) is 9.16. The molecule has 0 unspecified atom stereocenters. The van der Waals surface area contributed by atoms with Crippen LogP contribution >= 0.6 is 0 Å². The fourth-order valence-electron chi connectivity index (χ4n) is 4.49. The number of nitrogens with one attached hydrogen (secondary N) is 4. The van der Waals surface area contributed by atoms with E-state index in [9.17, 15) is 0 Å². The molecule has 0 radical (unpaired) electrons. The van der Waals surface area contributed by atoms with E-state index >= 15 is 0 Å². The van der Waals surface area contributed by atoms with Crippen LogP contribution < -0.4 is 10.6 Å². The molecule has 2 aliphatic rings. The summed E-state index contributed by atoms with van der Waals surface area (Å²) in [6.45, 7) is 3.58. The third-order valence-electron chi connectivity index (χ3n) is 6.09. The monoisotopic (exact) mass is 422 g/mol. The van der Waals surface area contributed by atoms with Crippen molar-refractivity contribution in [3.05, 3.63) is 83.2 Å². The van der Waals surface area contributed by atoms with Gasteiger partial charge in [-0.15, -0.1) is 0 Å². The molecule has 2 aromatic heterocycles. The number of amidine groups is 2. The predicted molar refractivity (Wildman–Crippen MR) is 132 cm³/mol. The molecular formula is C26H26N6. The molecule has 4 aromatic rings. The van der Waals surface area contributed by atoms with Crippen LogP contribution in [0.2, 0.25) is 0 Å². The number of aliphatic imine (C=N–C) groups is 2. The number of hydrogen-bond acceptors (Lipinski definition) is 4. The van der Waals surface area contributed by atoms with E-state index in [4.69, 9.17) is 0 Å². The van der Waals surface area contributed by atoms with Crippen LogP contribution in [0.3, 0.4) is 0 Å². The lowest BCUT2D eigenvalue weighted by molar-refractivity contribution is 0.960. The van der Waals surface area contributed by atoms with Crippen molar-refractivity contribution >= 4 is 33.5 Å². The Morgan fingerprint density at radius 3 is 1.59 bits per heavy atom. The van der Waals surface area contributed by atoms with E-state index in [1.165, 1.54) is 22.2 Å². The Morgan fingerprint density at radius 2 is 1.16 bits per heavy atom. The van der Waals surface area contributed by atoms with Gasteiger partial charge in [-0.05, 0) is 35.0 Å². The average Bonchev–Trinajstić information content (AvgIpc) is 3.61. The van der Waals surface area contributed by atoms with Gasteiger partial charge in [-0.3, -0.25) is 9.98 Å². The number of fused-ring (bicyclic) bond motifs is 2. The fraction of sp³-hybridized carbons (Fsp3) is 0.231. The lowest BCUT2D eigenvalue weighted by Crippen LogP contribution is -2.19. The van der Waals surface area contributed by atoms with E-state index in [0.717, 1.165) is 72.9 Å². The standard InChI is InChI=1S/C26H26N6/c1(3-21-13-17-5-7-19(15-23(17)31-21)25-27-9-10-28-25)2-4-22-14-18-6-8-20(16-24(18)32-22)26-29-11-12-30-26/h1-2,5-8,13-16,31-32H,3-4,9-12H2,(H,27,28)(H,29,30)/b2-1+. The molecule has 0 bridgehead atoms. The summed E-state index contributed by atoms with van der Waals surface area (Å²) in [7, 11) is 0. The minimum atomic E-state index is 0.859. The number of H-pyrrole nitrogens is 2. The third kappa shape index (κ3) is 3.68. The summed E-state index contributed by atoms with van der Waals surface area (Å²) in [4.78, 5) is 16.1. The topological polar surface area (TPSA) is 80.4 Å². The molecule has 0 saturated carbocycles. The van der Waals surface area contributed by atoms with Gasteiger partial charge in [0, 0.05) is 59.5 Å². The van der Waals surface area contributed by atoms with Gasteiger partial charge < -0.3 is 20.6 Å². The summed E-state index contributed by atoms with van der Waals surface area (Å²) in [6.07, 6.45) is 6.25. The van der Waals surface area contributed by atoms with Crippen LogP contribution in [-0.4, -0.2) is 47.8 Å². The van der Waals surface area contributed by atoms with Crippen LogP contribution in [0.15, 0.2) is 70.7 Å². The van der Waals surface area contributed by atoms with Crippen molar-refractivity contribution in [2.45, 2.75) is 12.8 Å². The quantitative estimate of drug-likeness (QED) is 0.358. The zero-order chi connectivity index (χ0) is 21.3. The Balaban J connectivity index is 1.12. The van der Waals surface area contributed by atoms with Crippen molar-refractivity contribution in [2.75, 3.05) is 26.2 Å². The number of aromatic nitrogens is 2. The zero-order valence-electron chi connectivity index (χ0n) is 17.9. The van der Waals surface area contributed by atoms with Crippen LogP contribution in [0.5, 0.6) is 0 Å². The minimum absolute atomic E-state index is 0.859. The van der Waals surface area contributed by atoms with Crippen molar-refractivity contribution < 1.29 is 0 Å². The maximum atomic E-state index is 4.52. The SMILES string of the molecule is C(=C\Cc1cc2ccc(C3=NCCN3)cc2[nH]1)/Cc1cc2ccc(C3=NCCN3)cc2[nH]1. The van der Waals surface area contributed by atoms with Gasteiger partial charge in [0.15, 0.2) is 0 Å². The maximum absolute atomic E-state index is 4.52. The number of aromatic amines is 2. The maximum Gasteiger partial charge on any atom is 0.128 e. The number of allylic oxidation sites excluding steroid dienone is 2. The first-order valence-electron chi connectivity index (χ1n) is 11.3. The highest BCUT2D eigenvalue weighted by atomic mass is 15.1. The van der Waals surface area contributed by atoms with Crippen molar-refractivity contribution in [1.82, 2.24) is 20.6 Å². The number of benzene rings is 2. The normalized spacial score (nSPS) is 16.0. The van der Waals surface area contributed by atoms with Gasteiger partial charge in [0.05, 0.1) is 13.1 Å². The molecule has 4 N–H and O–H groups in total. The molecule has 6 nitrogen and oxygen atoms in total. The zero-order valence-corrected chi connectivity index (χ0v) is 17.9. The Hall–Kier alpha value is -3.80. The summed E-state index contributed by atoms with van der Waals surface area (Å²) in [5.41, 5.74) is 7.07. The molecule has 0 amide bonds. The largest absolute Gasteiger partial charge is 0.368 e. The van der Waals surface area contributed by atoms with Gasteiger partial charge in [0.25, 0.3) is 0 Å². The molecule has 4 heterocycles. The van der Waals surface area contributed by atoms with Crippen molar-refractivity contribution in [2.24, 2.45) is 9.98 Å². The smallest absolute Gasteiger partial charge is 0.128 e. The van der Waals surface area contributed by atoms with E-state index in [2.05, 4.69) is 91.3 Å². The third-order valence-corrected chi connectivity index (χ3v) is 6.09. The molecule has 6 rings (SSSR count). The summed E-state index contributed by atoms with van der Waals surface area (Å²) >= 11 is 0. The molecule has 160 valence electrons. The second-order valence-electron chi connectivity index (χ2n) is 8.39. The van der Waals surface area contributed by atoms with Crippen molar-refractivity contribution in [3.8, 4) is 0 Å². The van der Waals surface area contributed by atoms with Crippen LogP contribution in [0.4, 0.5) is 0 Å². The van der Waals surface area contributed by atoms with E-state index in [0.29, 0.717) is 0 Å². The molecule has 0 fully saturated rings. The molecule has 2 aromatic carbocycles. The van der Waals surface area contributed by atoms with Gasteiger partial charge in [0.1, 0.15) is 11.7 Å². The van der Waals surface area contributed by atoms with Crippen molar-refractivity contribution in [1.29, 1.82) is 0 Å². The molecule has 0 spiro atoms. The first-order valence-corrected chi connectivity index (χ1v) is 11.3. The highest BCUT2D eigenvalue weighted by molar-refractivity contribution is 6.03. The Morgan fingerprint density at radius 1 is 0.656 bits per heavy atom. The minimum Gasteiger partial charge on any atom is -0.368 e. The number of rotatable bonds is 6. The predicted octanol–water partition coefficient (Wildman–Crippen LogP) is 3.69. The number of nitrogens with zero attached hydrogens (tertiary/aromatic N) is 2. The first-order chi connectivity index (χ1) is 15.8. The van der Waals surface area contributed by atoms with Crippen LogP contribution in [0.1, 0.15) is 22.5 Å². The summed E-state index contributed by atoms with van der Waals surface area (Å²) in [5.74, 6) is 2.00. The Labute approximate surface area is 186 Å². The summed E-state index contributed by atoms with van der Waals surface area (Å²) in [6, 6.07) is 17.5. The van der Waals surface area contributed by atoms with Gasteiger partial charge in [-0.2, -0.15) is 0 Å². The lowest BCUT2D eigenvalue weighted by atomic mass is 10.1. The van der Waals surface area contributed by atoms with Crippen LogP contribution in [0.25, 0.3) is 21.8 Å². The summed E-state index contributed by atoms with van der Waals surface area (Å²) < 4.78 is 0. The average molecular weight is 423 g/mol. The van der Waals surface area contributed by atoms with E-state index < -0.39 is 0 Å². The highest BCUT2D eigenvalue weighted by Gasteiger charge is 2.10. The Bertz CT molecular complexity index is 1280. The van der Waals surface area contributed by atoms with E-state index in [1.807, 2.05) is 0 Å². The fourth-order valence-corrected chi connectivity index (χ4v) is 4.49. The molecule has 0 saturated heterocycles. The van der Waals surface area contributed by atoms with Gasteiger partial charge in [-0.25, -0.2) is 0 Å². The molecule has 0 aliphatic carbocycles. The van der Waals surface area contributed by atoms with Crippen LogP contribution in [0, 0.1) is 0 Å². The molecule has 2 aliphatic heterocycles. The van der Waals surface area contributed by atoms with Crippen molar-refractivity contribution in [3.63, 3.8) is 0 Å². The first kappa shape index (κ1) is 18.9. The van der Waals surface area contributed by atoms with Gasteiger partial charge in [0.2, 0.25) is 0 Å². The van der Waals surface area contributed by atoms with Crippen LogP contribution in [-0.2, 0) is 12.8 Å². The van der Waals surface area contributed by atoms with E-state index in [1.54, 1.807) is 0 Å². The number of hydrogen-bond donors (Lipinski definition) is 4. The highest BCUT2D eigenvalue weighted by Crippen LogP contribution is 2.20.